The van der Waals surface area contributed by atoms with Gasteiger partial charge in [-0.25, -0.2) is 0 Å². The molecule has 6 heteroatoms. The zero-order valence-corrected chi connectivity index (χ0v) is 39.3. The molecule has 59 heavy (non-hydrogen) atoms. The molecule has 1 atom stereocenters. The van der Waals surface area contributed by atoms with Crippen LogP contribution in [0.25, 0.3) is 0 Å². The average Bonchev–Trinajstić information content (AvgIpc) is 3.23. The van der Waals surface area contributed by atoms with Gasteiger partial charge in [-0.3, -0.25) is 14.4 Å². The monoisotopic (exact) mass is 829 g/mol. The number of carbonyl (C=O) groups is 3. The molecule has 0 aromatic rings. The molecule has 0 spiro atoms. The molecule has 1 unspecified atom stereocenters. The van der Waals surface area contributed by atoms with Crippen molar-refractivity contribution < 1.29 is 28.6 Å². The summed E-state index contributed by atoms with van der Waals surface area (Å²) in [7, 11) is 0. The Morgan fingerprint density at radius 2 is 0.627 bits per heavy atom. The summed E-state index contributed by atoms with van der Waals surface area (Å²) in [5, 5.41) is 0. The van der Waals surface area contributed by atoms with Crippen molar-refractivity contribution in [2.75, 3.05) is 13.2 Å². The molecular weight excluding hydrogens is 733 g/mol. The van der Waals surface area contributed by atoms with Crippen LogP contribution in [-0.2, 0) is 28.6 Å². The Morgan fingerprint density at radius 1 is 0.339 bits per heavy atom. The van der Waals surface area contributed by atoms with Crippen LogP contribution in [0.1, 0.15) is 265 Å². The SMILES string of the molecule is CCCC/C=C\C/C=C\CCCCCCCC(=O)OC(COC(=O)CCCCCCC/C=C\CCCCCCCCC)COC(=O)CCCCCCCCCCCCC. The Balaban J connectivity index is 4.37. The van der Waals surface area contributed by atoms with Gasteiger partial charge in [0.25, 0.3) is 0 Å². The fraction of sp³-hybridized carbons (Fsp3) is 0.830. The van der Waals surface area contributed by atoms with Gasteiger partial charge < -0.3 is 14.2 Å². The van der Waals surface area contributed by atoms with Crippen LogP contribution in [0, 0.1) is 0 Å². The fourth-order valence-corrected chi connectivity index (χ4v) is 7.22. The van der Waals surface area contributed by atoms with Gasteiger partial charge in [-0.1, -0.05) is 211 Å². The number of unbranched alkanes of at least 4 members (excludes halogenated alkanes) is 29. The van der Waals surface area contributed by atoms with Gasteiger partial charge >= 0.3 is 17.9 Å². The number of esters is 3. The van der Waals surface area contributed by atoms with Crippen molar-refractivity contribution in [2.24, 2.45) is 0 Å². The quantitative estimate of drug-likeness (QED) is 0.0263. The molecule has 0 radical (unpaired) electrons. The summed E-state index contributed by atoms with van der Waals surface area (Å²) in [4.78, 5) is 37.9. The van der Waals surface area contributed by atoms with Crippen LogP contribution in [-0.4, -0.2) is 37.2 Å². The first-order valence-corrected chi connectivity index (χ1v) is 25.5. The van der Waals surface area contributed by atoms with Gasteiger partial charge in [-0.15, -0.1) is 0 Å². The van der Waals surface area contributed by atoms with E-state index in [4.69, 9.17) is 14.2 Å². The molecule has 0 N–H and O–H groups in total. The first kappa shape index (κ1) is 56.6. The molecule has 0 amide bonds. The molecule has 0 aromatic carbocycles. The molecule has 0 fully saturated rings. The minimum atomic E-state index is -0.778. The van der Waals surface area contributed by atoms with Crippen molar-refractivity contribution in [1.29, 1.82) is 0 Å². The van der Waals surface area contributed by atoms with Crippen LogP contribution >= 0.6 is 0 Å². The third-order valence-corrected chi connectivity index (χ3v) is 11.1. The van der Waals surface area contributed by atoms with Gasteiger partial charge in [-0.2, -0.15) is 0 Å². The number of rotatable bonds is 46. The third-order valence-electron chi connectivity index (χ3n) is 11.1. The third kappa shape index (κ3) is 46.5. The van der Waals surface area contributed by atoms with E-state index in [1.807, 2.05) is 0 Å². The van der Waals surface area contributed by atoms with Crippen molar-refractivity contribution >= 4 is 17.9 Å². The normalized spacial score (nSPS) is 12.3. The molecule has 0 saturated heterocycles. The van der Waals surface area contributed by atoms with Crippen molar-refractivity contribution in [2.45, 2.75) is 271 Å². The minimum Gasteiger partial charge on any atom is -0.462 e. The lowest BCUT2D eigenvalue weighted by molar-refractivity contribution is -0.167. The van der Waals surface area contributed by atoms with Crippen LogP contribution in [0.4, 0.5) is 0 Å². The number of hydrogen-bond donors (Lipinski definition) is 0. The molecule has 0 aliphatic rings. The van der Waals surface area contributed by atoms with Crippen molar-refractivity contribution in [1.82, 2.24) is 0 Å². The molecule has 0 saturated carbocycles. The smallest absolute Gasteiger partial charge is 0.306 e. The second-order valence-electron chi connectivity index (χ2n) is 17.1. The molecule has 0 aliphatic heterocycles. The summed E-state index contributed by atoms with van der Waals surface area (Å²) in [6.45, 7) is 6.58. The van der Waals surface area contributed by atoms with E-state index in [0.29, 0.717) is 19.3 Å². The Hall–Kier alpha value is -2.37. The van der Waals surface area contributed by atoms with Crippen molar-refractivity contribution in [3.05, 3.63) is 36.5 Å². The molecule has 0 rings (SSSR count). The zero-order chi connectivity index (χ0) is 43.0. The summed E-state index contributed by atoms with van der Waals surface area (Å²) in [6.07, 6.45) is 55.5. The predicted molar refractivity (Wildman–Crippen MR) is 252 cm³/mol. The van der Waals surface area contributed by atoms with E-state index < -0.39 is 6.10 Å². The summed E-state index contributed by atoms with van der Waals surface area (Å²) in [5.74, 6) is -0.893. The van der Waals surface area contributed by atoms with Crippen LogP contribution in [0.2, 0.25) is 0 Å². The van der Waals surface area contributed by atoms with Gasteiger partial charge in [0.2, 0.25) is 0 Å². The van der Waals surface area contributed by atoms with Gasteiger partial charge in [-0.05, 0) is 70.6 Å². The molecule has 344 valence electrons. The van der Waals surface area contributed by atoms with E-state index in [1.54, 1.807) is 0 Å². The van der Waals surface area contributed by atoms with Gasteiger partial charge in [0.05, 0.1) is 0 Å². The summed E-state index contributed by atoms with van der Waals surface area (Å²) < 4.78 is 16.8. The minimum absolute atomic E-state index is 0.0779. The Bertz CT molecular complexity index is 1000. The maximum absolute atomic E-state index is 12.8. The van der Waals surface area contributed by atoms with Crippen LogP contribution in [0.5, 0.6) is 0 Å². The summed E-state index contributed by atoms with van der Waals surface area (Å²) in [5.41, 5.74) is 0. The largest absolute Gasteiger partial charge is 0.462 e. The second kappa shape index (κ2) is 48.3. The van der Waals surface area contributed by atoms with E-state index in [2.05, 4.69) is 57.2 Å². The first-order valence-electron chi connectivity index (χ1n) is 25.5. The number of carbonyl (C=O) groups excluding carboxylic acids is 3. The Labute approximate surface area is 365 Å². The zero-order valence-electron chi connectivity index (χ0n) is 39.3. The topological polar surface area (TPSA) is 78.9 Å². The molecule has 0 heterocycles. The highest BCUT2D eigenvalue weighted by molar-refractivity contribution is 5.71. The van der Waals surface area contributed by atoms with Gasteiger partial charge in [0.15, 0.2) is 6.10 Å². The summed E-state index contributed by atoms with van der Waals surface area (Å²) >= 11 is 0. The van der Waals surface area contributed by atoms with Crippen LogP contribution in [0.3, 0.4) is 0 Å². The highest BCUT2D eigenvalue weighted by atomic mass is 16.6. The van der Waals surface area contributed by atoms with Crippen LogP contribution < -0.4 is 0 Å². The van der Waals surface area contributed by atoms with Gasteiger partial charge in [0, 0.05) is 19.3 Å². The highest BCUT2D eigenvalue weighted by Gasteiger charge is 2.19. The lowest BCUT2D eigenvalue weighted by Crippen LogP contribution is -2.30. The number of allylic oxidation sites excluding steroid dienone is 6. The molecule has 0 aliphatic carbocycles. The van der Waals surface area contributed by atoms with E-state index in [-0.39, 0.29) is 31.1 Å². The van der Waals surface area contributed by atoms with Crippen molar-refractivity contribution in [3.63, 3.8) is 0 Å². The lowest BCUT2D eigenvalue weighted by Gasteiger charge is -2.18. The number of ether oxygens (including phenoxy) is 3. The molecular formula is C53H96O6. The maximum Gasteiger partial charge on any atom is 0.306 e. The van der Waals surface area contributed by atoms with Crippen molar-refractivity contribution in [3.8, 4) is 0 Å². The average molecular weight is 829 g/mol. The maximum atomic E-state index is 12.8. The molecule has 6 nitrogen and oxygen atoms in total. The van der Waals surface area contributed by atoms with E-state index in [1.165, 1.54) is 135 Å². The number of hydrogen-bond acceptors (Lipinski definition) is 6. The second-order valence-corrected chi connectivity index (χ2v) is 17.1. The fourth-order valence-electron chi connectivity index (χ4n) is 7.22. The van der Waals surface area contributed by atoms with Crippen LogP contribution in [0.15, 0.2) is 36.5 Å². The first-order chi connectivity index (χ1) is 29.0. The summed E-state index contributed by atoms with van der Waals surface area (Å²) in [6, 6.07) is 0. The van der Waals surface area contributed by atoms with E-state index >= 15 is 0 Å². The molecule has 0 bridgehead atoms. The van der Waals surface area contributed by atoms with Gasteiger partial charge in [0.1, 0.15) is 13.2 Å². The Kier molecular flexibility index (Phi) is 46.4. The standard InChI is InChI=1S/C53H96O6/c1-4-7-10-13-16-19-22-24-26-27-29-31-34-37-40-43-46-52(55)58-49-50(48-57-51(54)45-42-39-36-33-30-21-18-15-12-9-6-3)59-53(56)47-44-41-38-35-32-28-25-23-20-17-14-11-8-5-2/h14,17,23,25-27,50H,4-13,15-16,18-22,24,28-49H2,1-3H3/b17-14-,25-23-,27-26-. The molecule has 0 aromatic heterocycles. The van der Waals surface area contributed by atoms with E-state index in [9.17, 15) is 14.4 Å². The van der Waals surface area contributed by atoms with E-state index in [0.717, 1.165) is 89.9 Å². The predicted octanol–water partition coefficient (Wildman–Crippen LogP) is 16.5. The lowest BCUT2D eigenvalue weighted by atomic mass is 10.1. The Morgan fingerprint density at radius 3 is 1.00 bits per heavy atom. The highest BCUT2D eigenvalue weighted by Crippen LogP contribution is 2.15.